The molecule has 0 unspecified atom stereocenters. The molecule has 0 saturated carbocycles. The molecule has 0 aliphatic carbocycles. The van der Waals surface area contributed by atoms with Gasteiger partial charge in [0.2, 0.25) is 5.95 Å². The van der Waals surface area contributed by atoms with Crippen molar-refractivity contribution in [1.82, 2.24) is 20.3 Å². The maximum absolute atomic E-state index is 13.4. The van der Waals surface area contributed by atoms with E-state index >= 15 is 0 Å². The molecule has 5 rings (SSSR count). The normalized spacial score (nSPS) is 14.4. The highest BCUT2D eigenvalue weighted by atomic mass is 35.5. The third-order valence-corrected chi connectivity index (χ3v) is 6.48. The van der Waals surface area contributed by atoms with E-state index in [0.29, 0.717) is 50.4 Å². The first-order chi connectivity index (χ1) is 17.4. The van der Waals surface area contributed by atoms with Gasteiger partial charge in [-0.3, -0.25) is 9.78 Å². The van der Waals surface area contributed by atoms with Gasteiger partial charge in [-0.05, 0) is 31.5 Å². The molecular weight excluding hydrogens is 530 g/mol. The van der Waals surface area contributed by atoms with E-state index in [9.17, 15) is 18.0 Å². The minimum Gasteiger partial charge on any atom is -0.486 e. The number of alkyl halides is 3. The predicted molar refractivity (Wildman–Crippen MR) is 135 cm³/mol. The van der Waals surface area contributed by atoms with Gasteiger partial charge in [0, 0.05) is 30.9 Å². The van der Waals surface area contributed by atoms with Crippen LogP contribution in [0.15, 0.2) is 42.7 Å². The number of carbonyl (C=O) groups excluding carboxylic acids is 1. The smallest absolute Gasteiger partial charge is 0.416 e. The molecule has 0 spiro atoms. The highest BCUT2D eigenvalue weighted by Gasteiger charge is 2.37. The van der Waals surface area contributed by atoms with E-state index in [1.807, 2.05) is 13.8 Å². The summed E-state index contributed by atoms with van der Waals surface area (Å²) < 4.78 is 46.2. The fraction of sp³-hybridized carbons (Fsp3) is 0.240. The lowest BCUT2D eigenvalue weighted by atomic mass is 9.98. The van der Waals surface area contributed by atoms with Crippen LogP contribution in [0.5, 0.6) is 5.75 Å². The van der Waals surface area contributed by atoms with E-state index in [0.717, 1.165) is 6.07 Å². The van der Waals surface area contributed by atoms with Crippen molar-refractivity contribution in [2.24, 2.45) is 0 Å². The van der Waals surface area contributed by atoms with Gasteiger partial charge in [0.05, 0.1) is 37.9 Å². The highest BCUT2D eigenvalue weighted by Crippen LogP contribution is 2.42. The van der Waals surface area contributed by atoms with Crippen LogP contribution >= 0.6 is 23.2 Å². The van der Waals surface area contributed by atoms with Crippen LogP contribution in [-0.2, 0) is 19.1 Å². The van der Waals surface area contributed by atoms with E-state index < -0.39 is 23.2 Å². The number of aromatic nitrogens is 3. The summed E-state index contributed by atoms with van der Waals surface area (Å²) >= 11 is 12.4. The van der Waals surface area contributed by atoms with Crippen LogP contribution in [0, 0.1) is 0 Å². The van der Waals surface area contributed by atoms with E-state index in [-0.39, 0.29) is 17.7 Å². The maximum Gasteiger partial charge on any atom is 0.416 e. The van der Waals surface area contributed by atoms with Crippen molar-refractivity contribution in [3.8, 4) is 5.75 Å². The standard InChI is InChI=1S/C25H20Cl2F3N5O2/c1-24(2)8-14-19-18(33-23(34-19)35-20-16(26)10-31-11-17(20)27)7-13(21(14)37-24)22(36)32-9-12-5-3-4-6-15(12)25(28,29)30/h3-7,10-11H,8-9H2,1-2H3,(H,32,36)(H2,31,33,34,35). The molecule has 1 aliphatic rings. The summed E-state index contributed by atoms with van der Waals surface area (Å²) in [6, 6.07) is 6.68. The number of benzene rings is 2. The molecule has 0 radical (unpaired) electrons. The van der Waals surface area contributed by atoms with Crippen molar-refractivity contribution < 1.29 is 22.7 Å². The van der Waals surface area contributed by atoms with Crippen molar-refractivity contribution >= 4 is 51.8 Å². The van der Waals surface area contributed by atoms with Crippen LogP contribution < -0.4 is 15.4 Å². The second-order valence-corrected chi connectivity index (χ2v) is 10.0. The van der Waals surface area contributed by atoms with Gasteiger partial charge in [0.25, 0.3) is 5.91 Å². The maximum atomic E-state index is 13.4. The van der Waals surface area contributed by atoms with Crippen LogP contribution in [0.25, 0.3) is 11.0 Å². The zero-order valence-corrected chi connectivity index (χ0v) is 21.1. The third kappa shape index (κ3) is 4.91. The molecule has 0 bridgehead atoms. The lowest BCUT2D eigenvalue weighted by molar-refractivity contribution is -0.138. The Morgan fingerprint density at radius 3 is 2.59 bits per heavy atom. The van der Waals surface area contributed by atoms with Gasteiger partial charge in [-0.15, -0.1) is 0 Å². The quantitative estimate of drug-likeness (QED) is 0.258. The fourth-order valence-electron chi connectivity index (χ4n) is 4.32. The number of amides is 1. The van der Waals surface area contributed by atoms with Gasteiger partial charge in [-0.25, -0.2) is 4.98 Å². The molecule has 1 amide bonds. The Balaban J connectivity index is 1.50. The molecule has 37 heavy (non-hydrogen) atoms. The average molecular weight is 550 g/mol. The van der Waals surface area contributed by atoms with E-state index in [2.05, 4.69) is 25.6 Å². The van der Waals surface area contributed by atoms with Gasteiger partial charge in [0.15, 0.2) is 0 Å². The lowest BCUT2D eigenvalue weighted by Gasteiger charge is -2.18. The Labute approximate surface area is 219 Å². The van der Waals surface area contributed by atoms with Crippen molar-refractivity contribution in [3.63, 3.8) is 0 Å². The average Bonchev–Trinajstić information content (AvgIpc) is 3.38. The summed E-state index contributed by atoms with van der Waals surface area (Å²) in [6.45, 7) is 3.45. The van der Waals surface area contributed by atoms with Crippen LogP contribution in [-0.4, -0.2) is 26.5 Å². The fourth-order valence-corrected chi connectivity index (χ4v) is 4.78. The first kappa shape index (κ1) is 25.2. The Hall–Kier alpha value is -3.50. The largest absolute Gasteiger partial charge is 0.486 e. The number of ether oxygens (including phenoxy) is 1. The molecule has 0 atom stereocenters. The SMILES string of the molecule is CC1(C)Cc2c(c(C(=O)NCc3ccccc3C(F)(F)F)cc3[nH]c(Nc4c(Cl)cncc4Cl)nc23)O1. The van der Waals surface area contributed by atoms with E-state index in [4.69, 9.17) is 27.9 Å². The number of imidazole rings is 1. The molecule has 4 aromatic rings. The van der Waals surface area contributed by atoms with Crippen molar-refractivity contribution in [2.75, 3.05) is 5.32 Å². The molecule has 7 nitrogen and oxygen atoms in total. The molecule has 3 N–H and O–H groups in total. The molecular formula is C25H20Cl2F3N5O2. The minimum absolute atomic E-state index is 0.0403. The number of rotatable bonds is 5. The van der Waals surface area contributed by atoms with Crippen LogP contribution in [0.4, 0.5) is 24.8 Å². The molecule has 0 saturated heterocycles. The second-order valence-electron chi connectivity index (χ2n) is 9.19. The summed E-state index contributed by atoms with van der Waals surface area (Å²) in [7, 11) is 0. The topological polar surface area (TPSA) is 91.9 Å². The highest BCUT2D eigenvalue weighted by molar-refractivity contribution is 6.39. The monoisotopic (exact) mass is 549 g/mol. The van der Waals surface area contributed by atoms with Crippen LogP contribution in [0.2, 0.25) is 10.0 Å². The molecule has 0 fully saturated rings. The van der Waals surface area contributed by atoms with Crippen molar-refractivity contribution in [2.45, 2.75) is 38.6 Å². The number of halogens is 5. The van der Waals surface area contributed by atoms with Gasteiger partial charge in [-0.2, -0.15) is 13.2 Å². The zero-order valence-electron chi connectivity index (χ0n) is 19.6. The Morgan fingerprint density at radius 2 is 1.89 bits per heavy atom. The summed E-state index contributed by atoms with van der Waals surface area (Å²) in [5.74, 6) is 0.0999. The number of nitrogens with zero attached hydrogens (tertiary/aromatic N) is 2. The van der Waals surface area contributed by atoms with Gasteiger partial charge < -0.3 is 20.4 Å². The second kappa shape index (κ2) is 9.11. The molecule has 2 aromatic heterocycles. The molecule has 12 heteroatoms. The van der Waals surface area contributed by atoms with E-state index in [1.54, 1.807) is 6.07 Å². The summed E-state index contributed by atoms with van der Waals surface area (Å²) in [5.41, 5.74) is 0.971. The Bertz CT molecular complexity index is 1510. The number of nitrogens with one attached hydrogen (secondary N) is 3. The van der Waals surface area contributed by atoms with E-state index in [1.165, 1.54) is 30.6 Å². The van der Waals surface area contributed by atoms with Crippen LogP contribution in [0.3, 0.4) is 0 Å². The first-order valence-electron chi connectivity index (χ1n) is 11.2. The summed E-state index contributed by atoms with van der Waals surface area (Å²) in [6.07, 6.45) is -1.19. The number of aromatic amines is 1. The third-order valence-electron chi connectivity index (χ3n) is 5.91. The molecule has 1 aliphatic heterocycles. The number of fused-ring (bicyclic) bond motifs is 3. The summed E-state index contributed by atoms with van der Waals surface area (Å²) in [4.78, 5) is 24.9. The number of pyridine rings is 1. The van der Waals surface area contributed by atoms with Crippen molar-refractivity contribution in [3.05, 3.63) is 75.0 Å². The van der Waals surface area contributed by atoms with Gasteiger partial charge >= 0.3 is 6.18 Å². The molecule has 2 aromatic carbocycles. The minimum atomic E-state index is -4.53. The number of hydrogen-bond acceptors (Lipinski definition) is 5. The first-order valence-corrected chi connectivity index (χ1v) is 11.9. The number of carbonyl (C=O) groups is 1. The zero-order chi connectivity index (χ0) is 26.5. The van der Waals surface area contributed by atoms with Gasteiger partial charge in [0.1, 0.15) is 11.4 Å². The number of anilines is 2. The predicted octanol–water partition coefficient (Wildman–Crippen LogP) is 6.67. The summed E-state index contributed by atoms with van der Waals surface area (Å²) in [5, 5.41) is 6.23. The Morgan fingerprint density at radius 1 is 1.19 bits per heavy atom. The van der Waals surface area contributed by atoms with Crippen LogP contribution in [0.1, 0.15) is 40.9 Å². The molecule has 3 heterocycles. The molecule has 192 valence electrons. The van der Waals surface area contributed by atoms with Gasteiger partial charge in [-0.1, -0.05) is 41.4 Å². The lowest BCUT2D eigenvalue weighted by Crippen LogP contribution is -2.27. The number of hydrogen-bond donors (Lipinski definition) is 3. The van der Waals surface area contributed by atoms with Crippen molar-refractivity contribution in [1.29, 1.82) is 0 Å². The Kier molecular flexibility index (Phi) is 6.19. The number of H-pyrrole nitrogens is 1.